The highest BCUT2D eigenvalue weighted by atomic mass is 32.1. The van der Waals surface area contributed by atoms with Crippen molar-refractivity contribution in [2.24, 2.45) is 7.05 Å². The summed E-state index contributed by atoms with van der Waals surface area (Å²) in [6, 6.07) is 3.56. The zero-order chi connectivity index (χ0) is 13.7. The van der Waals surface area contributed by atoms with E-state index in [9.17, 15) is 4.79 Å². The summed E-state index contributed by atoms with van der Waals surface area (Å²) in [4.78, 5) is 12.8. The standard InChI is InChI=1S/C13H13N3O2S/c1-16-5-4-12(15-16)13(18)14-8-11-7-10(9-19-11)3-2-6-17/h4-5,7,9,17H,6,8H2,1H3,(H,14,18). The van der Waals surface area contributed by atoms with Gasteiger partial charge in [0, 0.05) is 29.1 Å². The molecule has 0 bridgehead atoms. The smallest absolute Gasteiger partial charge is 0.272 e. The van der Waals surface area contributed by atoms with E-state index in [1.165, 1.54) is 11.3 Å². The molecular formula is C13H13N3O2S. The molecule has 0 aliphatic carbocycles. The summed E-state index contributed by atoms with van der Waals surface area (Å²) in [6.07, 6.45) is 1.72. The average molecular weight is 275 g/mol. The number of aliphatic hydroxyl groups excluding tert-OH is 1. The predicted octanol–water partition coefficient (Wildman–Crippen LogP) is 0.755. The van der Waals surface area contributed by atoms with Crippen LogP contribution in [0.15, 0.2) is 23.7 Å². The van der Waals surface area contributed by atoms with E-state index < -0.39 is 0 Å². The van der Waals surface area contributed by atoms with E-state index in [-0.39, 0.29) is 12.5 Å². The van der Waals surface area contributed by atoms with Crippen LogP contribution in [0, 0.1) is 11.8 Å². The number of aliphatic hydroxyl groups is 1. The van der Waals surface area contributed by atoms with Gasteiger partial charge in [-0.15, -0.1) is 11.3 Å². The van der Waals surface area contributed by atoms with Gasteiger partial charge in [0.05, 0.1) is 6.54 Å². The molecule has 0 atom stereocenters. The average Bonchev–Trinajstić information content (AvgIpc) is 3.02. The molecule has 0 spiro atoms. The number of hydrogen-bond donors (Lipinski definition) is 2. The van der Waals surface area contributed by atoms with Gasteiger partial charge in [0.25, 0.3) is 5.91 Å². The van der Waals surface area contributed by atoms with Crippen LogP contribution in [0.5, 0.6) is 0 Å². The summed E-state index contributed by atoms with van der Waals surface area (Å²) in [7, 11) is 1.77. The van der Waals surface area contributed by atoms with Crippen molar-refractivity contribution < 1.29 is 9.90 Å². The van der Waals surface area contributed by atoms with Crippen LogP contribution in [0.1, 0.15) is 20.9 Å². The quantitative estimate of drug-likeness (QED) is 0.813. The first-order chi connectivity index (χ1) is 9.19. The van der Waals surface area contributed by atoms with Gasteiger partial charge < -0.3 is 10.4 Å². The Morgan fingerprint density at radius 1 is 1.63 bits per heavy atom. The van der Waals surface area contributed by atoms with Crippen LogP contribution in [-0.2, 0) is 13.6 Å². The second-order valence-corrected chi connectivity index (χ2v) is 4.81. The van der Waals surface area contributed by atoms with Gasteiger partial charge in [-0.2, -0.15) is 5.10 Å². The number of nitrogens with zero attached hydrogens (tertiary/aromatic N) is 2. The molecule has 98 valence electrons. The molecule has 6 heteroatoms. The van der Waals surface area contributed by atoms with Gasteiger partial charge in [-0.25, -0.2) is 0 Å². The van der Waals surface area contributed by atoms with Crippen LogP contribution in [-0.4, -0.2) is 27.4 Å². The third-order valence-electron chi connectivity index (χ3n) is 2.33. The summed E-state index contributed by atoms with van der Waals surface area (Å²) in [6.45, 7) is 0.294. The van der Waals surface area contributed by atoms with E-state index in [4.69, 9.17) is 5.11 Å². The lowest BCUT2D eigenvalue weighted by Gasteiger charge is -2.00. The van der Waals surface area contributed by atoms with Crippen molar-refractivity contribution in [3.05, 3.63) is 39.8 Å². The summed E-state index contributed by atoms with van der Waals surface area (Å²) in [5, 5.41) is 17.3. The fourth-order valence-electron chi connectivity index (χ4n) is 1.47. The van der Waals surface area contributed by atoms with Crippen molar-refractivity contribution in [2.45, 2.75) is 6.54 Å². The molecule has 0 radical (unpaired) electrons. The van der Waals surface area contributed by atoms with Crippen molar-refractivity contribution in [1.82, 2.24) is 15.1 Å². The van der Waals surface area contributed by atoms with Crippen molar-refractivity contribution in [2.75, 3.05) is 6.61 Å². The minimum atomic E-state index is -0.197. The first-order valence-corrected chi connectivity index (χ1v) is 6.52. The second-order valence-electron chi connectivity index (χ2n) is 3.82. The van der Waals surface area contributed by atoms with E-state index in [1.54, 1.807) is 24.0 Å². The Labute approximate surface area is 114 Å². The van der Waals surface area contributed by atoms with E-state index >= 15 is 0 Å². The monoisotopic (exact) mass is 275 g/mol. The lowest BCUT2D eigenvalue weighted by Crippen LogP contribution is -2.22. The molecule has 2 aromatic rings. The highest BCUT2D eigenvalue weighted by Gasteiger charge is 2.08. The van der Waals surface area contributed by atoms with Crippen LogP contribution in [0.2, 0.25) is 0 Å². The fourth-order valence-corrected chi connectivity index (χ4v) is 2.23. The fraction of sp³-hybridized carbons (Fsp3) is 0.231. The van der Waals surface area contributed by atoms with Crippen molar-refractivity contribution >= 4 is 17.2 Å². The van der Waals surface area contributed by atoms with Crippen LogP contribution in [0.3, 0.4) is 0 Å². The van der Waals surface area contributed by atoms with E-state index in [0.717, 1.165) is 10.4 Å². The first kappa shape index (κ1) is 13.3. The molecule has 19 heavy (non-hydrogen) atoms. The minimum Gasteiger partial charge on any atom is -0.384 e. The highest BCUT2D eigenvalue weighted by Crippen LogP contribution is 2.13. The normalized spacial score (nSPS) is 9.79. The molecule has 0 aromatic carbocycles. The Hall–Kier alpha value is -2.10. The molecule has 2 aromatic heterocycles. The molecule has 0 fully saturated rings. The molecule has 2 rings (SSSR count). The van der Waals surface area contributed by atoms with E-state index in [0.29, 0.717) is 12.2 Å². The number of nitrogens with one attached hydrogen (secondary N) is 1. The van der Waals surface area contributed by atoms with Crippen LogP contribution >= 0.6 is 11.3 Å². The molecule has 0 aliphatic rings. The predicted molar refractivity (Wildman–Crippen MR) is 72.7 cm³/mol. The molecule has 0 unspecified atom stereocenters. The SMILES string of the molecule is Cn1ccc(C(=O)NCc2cc(C#CCO)cs2)n1. The topological polar surface area (TPSA) is 67.2 Å². The van der Waals surface area contributed by atoms with Crippen molar-refractivity contribution in [1.29, 1.82) is 0 Å². The summed E-state index contributed by atoms with van der Waals surface area (Å²) >= 11 is 1.52. The number of aryl methyl sites for hydroxylation is 1. The molecular weight excluding hydrogens is 262 g/mol. The third kappa shape index (κ3) is 3.68. The molecule has 0 saturated heterocycles. The second kappa shape index (κ2) is 6.18. The Kier molecular flexibility index (Phi) is 4.34. The van der Waals surface area contributed by atoms with Gasteiger partial charge >= 0.3 is 0 Å². The number of rotatable bonds is 3. The van der Waals surface area contributed by atoms with Crippen LogP contribution in [0.4, 0.5) is 0 Å². The van der Waals surface area contributed by atoms with Gasteiger partial charge in [-0.1, -0.05) is 11.8 Å². The van der Waals surface area contributed by atoms with Crippen molar-refractivity contribution in [3.8, 4) is 11.8 Å². The number of carbonyl (C=O) groups excluding carboxylic acids is 1. The number of carbonyl (C=O) groups is 1. The zero-order valence-electron chi connectivity index (χ0n) is 10.4. The van der Waals surface area contributed by atoms with Crippen molar-refractivity contribution in [3.63, 3.8) is 0 Å². The minimum absolute atomic E-state index is 0.151. The Morgan fingerprint density at radius 3 is 3.16 bits per heavy atom. The largest absolute Gasteiger partial charge is 0.384 e. The Bertz CT molecular complexity index is 634. The lowest BCUT2D eigenvalue weighted by molar-refractivity contribution is 0.0945. The molecule has 5 nitrogen and oxygen atoms in total. The van der Waals surface area contributed by atoms with Gasteiger partial charge in [0.2, 0.25) is 0 Å². The summed E-state index contributed by atoms with van der Waals surface area (Å²) in [5.74, 6) is 5.21. The molecule has 0 aliphatic heterocycles. The maximum absolute atomic E-state index is 11.8. The number of amides is 1. The van der Waals surface area contributed by atoms with E-state index in [2.05, 4.69) is 22.3 Å². The van der Waals surface area contributed by atoms with Crippen LogP contribution in [0.25, 0.3) is 0 Å². The maximum Gasteiger partial charge on any atom is 0.272 e. The first-order valence-electron chi connectivity index (χ1n) is 5.64. The Morgan fingerprint density at radius 2 is 2.47 bits per heavy atom. The van der Waals surface area contributed by atoms with Gasteiger partial charge in [-0.05, 0) is 12.1 Å². The molecule has 2 heterocycles. The maximum atomic E-state index is 11.8. The zero-order valence-corrected chi connectivity index (χ0v) is 11.2. The van der Waals surface area contributed by atoms with Crippen LogP contribution < -0.4 is 5.32 Å². The van der Waals surface area contributed by atoms with Gasteiger partial charge in [0.1, 0.15) is 12.3 Å². The Balaban J connectivity index is 1.92. The number of hydrogen-bond acceptors (Lipinski definition) is 4. The molecule has 2 N–H and O–H groups in total. The molecule has 1 amide bonds. The number of thiophene rings is 1. The van der Waals surface area contributed by atoms with Gasteiger partial charge in [0.15, 0.2) is 0 Å². The summed E-state index contributed by atoms with van der Waals surface area (Å²) < 4.78 is 1.59. The molecule has 0 saturated carbocycles. The highest BCUT2D eigenvalue weighted by molar-refractivity contribution is 7.10. The summed E-state index contributed by atoms with van der Waals surface area (Å²) in [5.41, 5.74) is 1.25. The lowest BCUT2D eigenvalue weighted by atomic mass is 10.3. The number of aromatic nitrogens is 2. The van der Waals surface area contributed by atoms with Gasteiger partial charge in [-0.3, -0.25) is 9.48 Å². The third-order valence-corrected chi connectivity index (χ3v) is 3.27. The van der Waals surface area contributed by atoms with E-state index in [1.807, 2.05) is 11.4 Å².